The summed E-state index contributed by atoms with van der Waals surface area (Å²) in [5.74, 6) is 0.574. The van der Waals surface area contributed by atoms with E-state index in [1.165, 1.54) is 10.4 Å². The number of fused-ring (bicyclic) bond motifs is 1. The highest BCUT2D eigenvalue weighted by Gasteiger charge is 2.28. The van der Waals surface area contributed by atoms with Crippen LogP contribution in [0.2, 0.25) is 0 Å². The van der Waals surface area contributed by atoms with Gasteiger partial charge in [0.15, 0.2) is 0 Å². The van der Waals surface area contributed by atoms with Crippen LogP contribution in [0.3, 0.4) is 0 Å². The van der Waals surface area contributed by atoms with Crippen LogP contribution < -0.4 is 0 Å². The van der Waals surface area contributed by atoms with E-state index in [0.717, 1.165) is 18.5 Å². The Morgan fingerprint density at radius 1 is 1.26 bits per heavy atom. The molecule has 0 saturated heterocycles. The Labute approximate surface area is 138 Å². The van der Waals surface area contributed by atoms with Crippen LogP contribution in [0.25, 0.3) is 11.3 Å². The van der Waals surface area contributed by atoms with Crippen molar-refractivity contribution in [3.8, 4) is 11.3 Å². The molecule has 0 spiro atoms. The van der Waals surface area contributed by atoms with Crippen LogP contribution in [0, 0.1) is 6.92 Å². The molecule has 1 aliphatic heterocycles. The Morgan fingerprint density at radius 3 is 2.91 bits per heavy atom. The summed E-state index contributed by atoms with van der Waals surface area (Å²) in [6.07, 6.45) is 0.920. The van der Waals surface area contributed by atoms with E-state index in [9.17, 15) is 4.79 Å². The van der Waals surface area contributed by atoms with Crippen molar-refractivity contribution < 1.29 is 9.32 Å². The van der Waals surface area contributed by atoms with E-state index in [4.69, 9.17) is 4.52 Å². The van der Waals surface area contributed by atoms with Gasteiger partial charge in [-0.3, -0.25) is 4.79 Å². The van der Waals surface area contributed by atoms with E-state index < -0.39 is 0 Å². The molecule has 4 rings (SSSR count). The van der Waals surface area contributed by atoms with Crippen molar-refractivity contribution in [2.24, 2.45) is 0 Å². The lowest BCUT2D eigenvalue weighted by Crippen LogP contribution is -2.35. The maximum Gasteiger partial charge on any atom is 0.260 e. The zero-order valence-electron chi connectivity index (χ0n) is 12.8. The van der Waals surface area contributed by atoms with E-state index in [1.54, 1.807) is 18.3 Å². The molecule has 1 aliphatic rings. The summed E-state index contributed by atoms with van der Waals surface area (Å²) in [5.41, 5.74) is 3.37. The van der Waals surface area contributed by atoms with Crippen molar-refractivity contribution in [2.75, 3.05) is 6.54 Å². The normalized spacial score (nSPS) is 13.9. The van der Waals surface area contributed by atoms with Gasteiger partial charge in [-0.1, -0.05) is 35.5 Å². The molecule has 23 heavy (non-hydrogen) atoms. The SMILES string of the molecule is Cc1onc(-c2ccccc2)c1C(=O)N1CCc2sccc2C1. The van der Waals surface area contributed by atoms with Crippen LogP contribution >= 0.6 is 11.3 Å². The second-order valence-corrected chi connectivity index (χ2v) is 6.67. The minimum absolute atomic E-state index is 0.000506. The Balaban J connectivity index is 1.69. The summed E-state index contributed by atoms with van der Waals surface area (Å²) >= 11 is 1.77. The number of aryl methyl sites for hydroxylation is 1. The summed E-state index contributed by atoms with van der Waals surface area (Å²) in [7, 11) is 0. The van der Waals surface area contributed by atoms with Gasteiger partial charge in [-0.15, -0.1) is 11.3 Å². The molecule has 0 bridgehead atoms. The number of amides is 1. The first kappa shape index (κ1) is 14.2. The standard InChI is InChI=1S/C18H16N2O2S/c1-12-16(17(19-22-12)13-5-3-2-4-6-13)18(21)20-9-7-15-14(11-20)8-10-23-15/h2-6,8,10H,7,9,11H2,1H3. The van der Waals surface area contributed by atoms with E-state index in [0.29, 0.717) is 23.6 Å². The van der Waals surface area contributed by atoms with Gasteiger partial charge in [0.25, 0.3) is 5.91 Å². The summed E-state index contributed by atoms with van der Waals surface area (Å²) in [6, 6.07) is 11.8. The number of aromatic nitrogens is 1. The molecule has 116 valence electrons. The van der Waals surface area contributed by atoms with E-state index >= 15 is 0 Å². The first-order valence-corrected chi connectivity index (χ1v) is 8.48. The second kappa shape index (κ2) is 5.66. The molecule has 0 aliphatic carbocycles. The molecule has 1 amide bonds. The first-order valence-electron chi connectivity index (χ1n) is 7.60. The number of carbonyl (C=O) groups is 1. The molecule has 0 unspecified atom stereocenters. The van der Waals surface area contributed by atoms with Gasteiger partial charge in [0.05, 0.1) is 0 Å². The second-order valence-electron chi connectivity index (χ2n) is 5.67. The predicted octanol–water partition coefficient (Wildman–Crippen LogP) is 3.91. The molecule has 0 saturated carbocycles. The highest BCUT2D eigenvalue weighted by atomic mass is 32.1. The lowest BCUT2D eigenvalue weighted by atomic mass is 10.0. The fourth-order valence-electron chi connectivity index (χ4n) is 3.00. The van der Waals surface area contributed by atoms with E-state index in [-0.39, 0.29) is 5.91 Å². The number of thiophene rings is 1. The van der Waals surface area contributed by atoms with Gasteiger partial charge in [0.1, 0.15) is 17.0 Å². The van der Waals surface area contributed by atoms with Crippen molar-refractivity contribution >= 4 is 17.2 Å². The Morgan fingerprint density at radius 2 is 2.09 bits per heavy atom. The zero-order valence-corrected chi connectivity index (χ0v) is 13.6. The number of hydrogen-bond donors (Lipinski definition) is 0. The number of carbonyl (C=O) groups excluding carboxylic acids is 1. The van der Waals surface area contributed by atoms with Crippen LogP contribution in [0.4, 0.5) is 0 Å². The molecular formula is C18H16N2O2S. The quantitative estimate of drug-likeness (QED) is 0.718. The Kier molecular flexibility index (Phi) is 3.50. The van der Waals surface area contributed by atoms with Crippen LogP contribution in [0.15, 0.2) is 46.3 Å². The molecule has 3 aromatic rings. The summed E-state index contributed by atoms with van der Waals surface area (Å²) in [5, 5.41) is 6.21. The fourth-order valence-corrected chi connectivity index (χ4v) is 3.89. The third-order valence-corrected chi connectivity index (χ3v) is 5.24. The van der Waals surface area contributed by atoms with Crippen LogP contribution in [0.1, 0.15) is 26.6 Å². The van der Waals surface area contributed by atoms with Gasteiger partial charge in [-0.2, -0.15) is 0 Å². The third kappa shape index (κ3) is 2.47. The highest BCUT2D eigenvalue weighted by molar-refractivity contribution is 7.10. The van der Waals surface area contributed by atoms with Crippen molar-refractivity contribution in [3.63, 3.8) is 0 Å². The maximum absolute atomic E-state index is 13.0. The van der Waals surface area contributed by atoms with Crippen LogP contribution in [-0.4, -0.2) is 22.5 Å². The molecule has 0 N–H and O–H groups in total. The van der Waals surface area contributed by atoms with Gasteiger partial charge in [0.2, 0.25) is 0 Å². The monoisotopic (exact) mass is 324 g/mol. The van der Waals surface area contributed by atoms with E-state index in [2.05, 4.69) is 16.6 Å². The van der Waals surface area contributed by atoms with Crippen molar-refractivity contribution in [1.82, 2.24) is 10.1 Å². The molecule has 0 fully saturated rings. The highest BCUT2D eigenvalue weighted by Crippen LogP contribution is 2.29. The molecule has 0 atom stereocenters. The fraction of sp³-hybridized carbons (Fsp3) is 0.222. The van der Waals surface area contributed by atoms with Gasteiger partial charge in [-0.05, 0) is 30.4 Å². The average molecular weight is 324 g/mol. The zero-order chi connectivity index (χ0) is 15.8. The molecule has 5 heteroatoms. The average Bonchev–Trinajstić information content (AvgIpc) is 3.20. The van der Waals surface area contributed by atoms with Crippen molar-refractivity contribution in [2.45, 2.75) is 19.9 Å². The first-order chi connectivity index (χ1) is 11.2. The summed E-state index contributed by atoms with van der Waals surface area (Å²) < 4.78 is 5.32. The number of benzene rings is 1. The number of hydrogen-bond acceptors (Lipinski definition) is 4. The molecule has 1 aromatic carbocycles. The smallest absolute Gasteiger partial charge is 0.260 e. The lowest BCUT2D eigenvalue weighted by Gasteiger charge is -2.27. The number of nitrogens with zero attached hydrogens (tertiary/aromatic N) is 2. The van der Waals surface area contributed by atoms with Gasteiger partial charge < -0.3 is 9.42 Å². The van der Waals surface area contributed by atoms with Crippen molar-refractivity contribution in [1.29, 1.82) is 0 Å². The Bertz CT molecular complexity index is 851. The Hall–Kier alpha value is -2.40. The third-order valence-electron chi connectivity index (χ3n) is 4.22. The summed E-state index contributed by atoms with van der Waals surface area (Å²) in [6.45, 7) is 3.20. The maximum atomic E-state index is 13.0. The molecular weight excluding hydrogens is 308 g/mol. The lowest BCUT2D eigenvalue weighted by molar-refractivity contribution is 0.0734. The van der Waals surface area contributed by atoms with Gasteiger partial charge >= 0.3 is 0 Å². The van der Waals surface area contributed by atoms with Gasteiger partial charge in [0, 0.05) is 23.5 Å². The van der Waals surface area contributed by atoms with Crippen molar-refractivity contribution in [3.05, 3.63) is 63.5 Å². The molecule has 3 heterocycles. The topological polar surface area (TPSA) is 46.3 Å². The minimum atomic E-state index is -0.000506. The van der Waals surface area contributed by atoms with Crippen LogP contribution in [0.5, 0.6) is 0 Å². The largest absolute Gasteiger partial charge is 0.360 e. The molecule has 4 nitrogen and oxygen atoms in total. The van der Waals surface area contributed by atoms with Gasteiger partial charge in [-0.25, -0.2) is 0 Å². The van der Waals surface area contributed by atoms with E-state index in [1.807, 2.05) is 35.2 Å². The molecule has 0 radical (unpaired) electrons. The predicted molar refractivity (Wildman–Crippen MR) is 89.4 cm³/mol. The summed E-state index contributed by atoms with van der Waals surface area (Å²) in [4.78, 5) is 16.3. The minimum Gasteiger partial charge on any atom is -0.360 e. The molecule has 2 aromatic heterocycles. The number of rotatable bonds is 2. The van der Waals surface area contributed by atoms with Crippen LogP contribution in [-0.2, 0) is 13.0 Å².